The summed E-state index contributed by atoms with van der Waals surface area (Å²) in [6.07, 6.45) is 0.983. The Kier molecular flexibility index (Phi) is 4.29. The van der Waals surface area contributed by atoms with Gasteiger partial charge in [0.2, 0.25) is 5.91 Å². The SMILES string of the molecule is NCCC(=O)N1CCC(O[N+](=O)[O-])CC1. The highest BCUT2D eigenvalue weighted by atomic mass is 17.0. The first-order chi connectivity index (χ1) is 7.13. The summed E-state index contributed by atoms with van der Waals surface area (Å²) in [4.78, 5) is 27.6. The van der Waals surface area contributed by atoms with Crippen LogP contribution in [0, 0.1) is 10.1 Å². The Balaban J connectivity index is 2.29. The third kappa shape index (κ3) is 3.70. The number of nitrogens with zero attached hydrogens (tertiary/aromatic N) is 2. The van der Waals surface area contributed by atoms with E-state index >= 15 is 0 Å². The fourth-order valence-corrected chi connectivity index (χ4v) is 1.61. The van der Waals surface area contributed by atoms with Crippen LogP contribution in [0.15, 0.2) is 0 Å². The van der Waals surface area contributed by atoms with Crippen molar-refractivity contribution in [1.29, 1.82) is 0 Å². The van der Waals surface area contributed by atoms with E-state index in [1.807, 2.05) is 0 Å². The average Bonchev–Trinajstić information content (AvgIpc) is 2.18. The smallest absolute Gasteiger partial charge is 0.294 e. The van der Waals surface area contributed by atoms with Crippen LogP contribution in [0.5, 0.6) is 0 Å². The van der Waals surface area contributed by atoms with Gasteiger partial charge in [-0.1, -0.05) is 0 Å². The van der Waals surface area contributed by atoms with Crippen LogP contribution in [-0.4, -0.2) is 41.6 Å². The standard InChI is InChI=1S/C8H15N3O4/c9-4-1-8(12)10-5-2-7(3-6-10)15-11(13)14/h7H,1-6,9H2. The zero-order valence-electron chi connectivity index (χ0n) is 8.42. The maximum Gasteiger partial charge on any atom is 0.294 e. The van der Waals surface area contributed by atoms with E-state index in [0.717, 1.165) is 0 Å². The first-order valence-corrected chi connectivity index (χ1v) is 4.92. The molecule has 0 radical (unpaired) electrons. The normalized spacial score (nSPS) is 17.5. The molecule has 2 N–H and O–H groups in total. The summed E-state index contributed by atoms with van der Waals surface area (Å²) in [5.41, 5.74) is 5.27. The second-order valence-corrected chi connectivity index (χ2v) is 3.45. The van der Waals surface area contributed by atoms with Gasteiger partial charge in [-0.15, -0.1) is 10.1 Å². The lowest BCUT2D eigenvalue weighted by atomic mass is 10.1. The monoisotopic (exact) mass is 217 g/mol. The van der Waals surface area contributed by atoms with Crippen LogP contribution in [-0.2, 0) is 9.63 Å². The number of piperidine rings is 1. The van der Waals surface area contributed by atoms with E-state index in [9.17, 15) is 14.9 Å². The molecule has 1 aliphatic heterocycles. The molecular formula is C8H15N3O4. The maximum absolute atomic E-state index is 11.4. The summed E-state index contributed by atoms with van der Waals surface area (Å²) in [6, 6.07) is 0. The first kappa shape index (κ1) is 11.7. The summed E-state index contributed by atoms with van der Waals surface area (Å²) >= 11 is 0. The van der Waals surface area contributed by atoms with Crippen molar-refractivity contribution in [3.8, 4) is 0 Å². The van der Waals surface area contributed by atoms with Crippen molar-refractivity contribution in [3.63, 3.8) is 0 Å². The number of carbonyl (C=O) groups excluding carboxylic acids is 1. The van der Waals surface area contributed by atoms with Crippen LogP contribution >= 0.6 is 0 Å². The molecule has 0 aliphatic carbocycles. The second-order valence-electron chi connectivity index (χ2n) is 3.45. The molecule has 1 fully saturated rings. The van der Waals surface area contributed by atoms with Gasteiger partial charge < -0.3 is 15.5 Å². The van der Waals surface area contributed by atoms with Gasteiger partial charge in [0.1, 0.15) is 6.10 Å². The quantitative estimate of drug-likeness (QED) is 0.507. The molecule has 86 valence electrons. The summed E-state index contributed by atoms with van der Waals surface area (Å²) in [7, 11) is 0. The Hall–Kier alpha value is -1.37. The zero-order chi connectivity index (χ0) is 11.3. The lowest BCUT2D eigenvalue weighted by molar-refractivity contribution is -0.769. The van der Waals surface area contributed by atoms with Crippen LogP contribution in [0.2, 0.25) is 0 Å². The zero-order valence-corrected chi connectivity index (χ0v) is 8.42. The number of nitrogens with two attached hydrogens (primary N) is 1. The number of amides is 1. The van der Waals surface area contributed by atoms with Crippen molar-refractivity contribution in [2.75, 3.05) is 19.6 Å². The number of rotatable bonds is 4. The number of hydrogen-bond acceptors (Lipinski definition) is 5. The molecule has 1 aliphatic rings. The van der Waals surface area contributed by atoms with Crippen molar-refractivity contribution < 1.29 is 14.7 Å². The van der Waals surface area contributed by atoms with E-state index in [2.05, 4.69) is 4.84 Å². The molecule has 7 nitrogen and oxygen atoms in total. The molecule has 1 saturated heterocycles. The lowest BCUT2D eigenvalue weighted by Gasteiger charge is -2.30. The van der Waals surface area contributed by atoms with Gasteiger partial charge in [-0.25, -0.2) is 0 Å². The van der Waals surface area contributed by atoms with Gasteiger partial charge in [0, 0.05) is 26.1 Å². The molecule has 1 amide bonds. The number of carbonyl (C=O) groups is 1. The topological polar surface area (TPSA) is 98.7 Å². The van der Waals surface area contributed by atoms with Gasteiger partial charge in [0.05, 0.1) is 0 Å². The molecule has 7 heteroatoms. The van der Waals surface area contributed by atoms with Crippen LogP contribution in [0.1, 0.15) is 19.3 Å². The molecule has 0 atom stereocenters. The summed E-state index contributed by atoms with van der Waals surface area (Å²) in [5.74, 6) is 0.0112. The van der Waals surface area contributed by atoms with Gasteiger partial charge in [0.15, 0.2) is 0 Å². The minimum atomic E-state index is -0.776. The minimum Gasteiger partial charge on any atom is -0.343 e. The molecular weight excluding hydrogens is 202 g/mol. The lowest BCUT2D eigenvalue weighted by Crippen LogP contribution is -2.41. The summed E-state index contributed by atoms with van der Waals surface area (Å²) in [6.45, 7) is 1.36. The third-order valence-electron chi connectivity index (χ3n) is 2.39. The van der Waals surface area contributed by atoms with Gasteiger partial charge in [-0.2, -0.15) is 0 Å². The van der Waals surface area contributed by atoms with Crippen LogP contribution in [0.25, 0.3) is 0 Å². The van der Waals surface area contributed by atoms with Crippen molar-refractivity contribution >= 4 is 5.91 Å². The Morgan fingerprint density at radius 2 is 2.13 bits per heavy atom. The predicted molar refractivity (Wildman–Crippen MR) is 51.4 cm³/mol. The molecule has 0 spiro atoms. The van der Waals surface area contributed by atoms with Crippen LogP contribution < -0.4 is 5.73 Å². The van der Waals surface area contributed by atoms with E-state index in [1.165, 1.54) is 0 Å². The highest BCUT2D eigenvalue weighted by molar-refractivity contribution is 5.76. The Morgan fingerprint density at radius 1 is 1.53 bits per heavy atom. The Morgan fingerprint density at radius 3 is 2.60 bits per heavy atom. The largest absolute Gasteiger partial charge is 0.343 e. The third-order valence-corrected chi connectivity index (χ3v) is 2.39. The molecule has 0 aromatic heterocycles. The summed E-state index contributed by atoms with van der Waals surface area (Å²) in [5, 5.41) is 9.30. The molecule has 1 rings (SSSR count). The average molecular weight is 217 g/mol. The fourth-order valence-electron chi connectivity index (χ4n) is 1.61. The summed E-state index contributed by atoms with van der Waals surface area (Å²) < 4.78 is 0. The van der Waals surface area contributed by atoms with Crippen molar-refractivity contribution in [2.45, 2.75) is 25.4 Å². The predicted octanol–water partition coefficient (Wildman–Crippen LogP) is -0.465. The number of hydrogen-bond donors (Lipinski definition) is 1. The van der Waals surface area contributed by atoms with Gasteiger partial charge >= 0.3 is 0 Å². The highest BCUT2D eigenvalue weighted by Gasteiger charge is 2.24. The minimum absolute atomic E-state index is 0.0112. The van der Waals surface area contributed by atoms with Gasteiger partial charge in [0.25, 0.3) is 5.09 Å². The molecule has 1 heterocycles. The Labute approximate surface area is 87.3 Å². The molecule has 0 aromatic rings. The fraction of sp³-hybridized carbons (Fsp3) is 0.875. The molecule has 0 aromatic carbocycles. The molecule has 0 saturated carbocycles. The van der Waals surface area contributed by atoms with Crippen LogP contribution in [0.4, 0.5) is 0 Å². The van der Waals surface area contributed by atoms with Crippen LogP contribution in [0.3, 0.4) is 0 Å². The highest BCUT2D eigenvalue weighted by Crippen LogP contribution is 2.14. The van der Waals surface area contributed by atoms with E-state index < -0.39 is 5.09 Å². The van der Waals surface area contributed by atoms with Gasteiger partial charge in [-0.05, 0) is 12.8 Å². The van der Waals surface area contributed by atoms with E-state index in [4.69, 9.17) is 5.73 Å². The van der Waals surface area contributed by atoms with Crippen molar-refractivity contribution in [1.82, 2.24) is 4.90 Å². The van der Waals surface area contributed by atoms with E-state index in [1.54, 1.807) is 4.90 Å². The Bertz CT molecular complexity index is 238. The molecule has 15 heavy (non-hydrogen) atoms. The molecule has 0 bridgehead atoms. The van der Waals surface area contributed by atoms with Gasteiger partial charge in [-0.3, -0.25) is 4.79 Å². The second kappa shape index (κ2) is 5.50. The van der Waals surface area contributed by atoms with Crippen molar-refractivity contribution in [2.24, 2.45) is 5.73 Å². The number of likely N-dealkylation sites (tertiary alicyclic amines) is 1. The van der Waals surface area contributed by atoms with E-state index in [0.29, 0.717) is 38.9 Å². The first-order valence-electron chi connectivity index (χ1n) is 4.92. The van der Waals surface area contributed by atoms with Crippen molar-refractivity contribution in [3.05, 3.63) is 10.1 Å². The molecule has 0 unspecified atom stereocenters. The maximum atomic E-state index is 11.4. The van der Waals surface area contributed by atoms with E-state index in [-0.39, 0.29) is 12.0 Å².